The maximum absolute atomic E-state index is 12.3. The van der Waals surface area contributed by atoms with Gasteiger partial charge in [0.2, 0.25) is 0 Å². The van der Waals surface area contributed by atoms with Gasteiger partial charge in [-0.2, -0.15) is 9.61 Å². The molecule has 1 aromatic carbocycles. The van der Waals surface area contributed by atoms with E-state index in [-0.39, 0.29) is 28.6 Å². The van der Waals surface area contributed by atoms with Crippen molar-refractivity contribution < 1.29 is 9.59 Å². The minimum atomic E-state index is -0.511. The van der Waals surface area contributed by atoms with Crippen LogP contribution >= 0.6 is 0 Å². The topological polar surface area (TPSA) is 127 Å². The number of nitrogens with zero attached hydrogens (tertiary/aromatic N) is 4. The largest absolute Gasteiger partial charge is 0.382 e. The molecular weight excluding hydrogens is 310 g/mol. The van der Waals surface area contributed by atoms with Gasteiger partial charge in [0.15, 0.2) is 17.2 Å². The van der Waals surface area contributed by atoms with Crippen LogP contribution in [0, 0.1) is 6.92 Å². The highest BCUT2D eigenvalue weighted by atomic mass is 16.2. The van der Waals surface area contributed by atoms with Crippen LogP contribution in [0.25, 0.3) is 5.65 Å². The van der Waals surface area contributed by atoms with Gasteiger partial charge in [-0.05, 0) is 19.1 Å². The van der Waals surface area contributed by atoms with Crippen molar-refractivity contribution in [2.24, 2.45) is 0 Å². The average Bonchev–Trinajstić information content (AvgIpc) is 3.01. The fraction of sp³-hybridized carbons (Fsp3) is 0.133. The molecule has 9 heteroatoms. The van der Waals surface area contributed by atoms with Crippen molar-refractivity contribution in [1.82, 2.24) is 25.1 Å². The van der Waals surface area contributed by atoms with E-state index in [2.05, 4.69) is 25.9 Å². The molecule has 0 unspecified atom stereocenters. The summed E-state index contributed by atoms with van der Waals surface area (Å²) in [6, 6.07) is 7.29. The quantitative estimate of drug-likeness (QED) is 0.648. The molecule has 9 nitrogen and oxygen atoms in total. The molecule has 2 heterocycles. The Hall–Kier alpha value is -3.49. The number of aromatic nitrogens is 4. The number of hydrogen-bond donors (Lipinski definition) is 3. The Balaban J connectivity index is 1.95. The Morgan fingerprint density at radius 1 is 1.12 bits per heavy atom. The molecule has 122 valence electrons. The SMILES string of the molecule is CNC(=O)c1cnn2c(N)c(C(=O)Nc3ccc(C)cc3)nnc12. The van der Waals surface area contributed by atoms with Crippen LogP contribution in [0.15, 0.2) is 30.5 Å². The number of aryl methyl sites for hydroxylation is 1. The molecule has 2 amide bonds. The normalized spacial score (nSPS) is 10.6. The maximum Gasteiger partial charge on any atom is 0.280 e. The number of benzene rings is 1. The highest BCUT2D eigenvalue weighted by Gasteiger charge is 2.20. The van der Waals surface area contributed by atoms with Crippen LogP contribution in [0.1, 0.15) is 26.4 Å². The van der Waals surface area contributed by atoms with E-state index in [0.717, 1.165) is 5.56 Å². The van der Waals surface area contributed by atoms with Crippen LogP contribution in [0.4, 0.5) is 11.5 Å². The molecule has 0 bridgehead atoms. The number of rotatable bonds is 3. The van der Waals surface area contributed by atoms with Gasteiger partial charge in [0, 0.05) is 12.7 Å². The first-order valence-electron chi connectivity index (χ1n) is 7.11. The molecule has 0 saturated heterocycles. The van der Waals surface area contributed by atoms with E-state index in [1.807, 2.05) is 19.1 Å². The van der Waals surface area contributed by atoms with E-state index < -0.39 is 5.91 Å². The Labute approximate surface area is 136 Å². The summed E-state index contributed by atoms with van der Waals surface area (Å²) >= 11 is 0. The highest BCUT2D eigenvalue weighted by Crippen LogP contribution is 2.16. The molecule has 24 heavy (non-hydrogen) atoms. The number of amides is 2. The van der Waals surface area contributed by atoms with Crippen molar-refractivity contribution in [2.45, 2.75) is 6.92 Å². The van der Waals surface area contributed by atoms with Crippen molar-refractivity contribution in [1.29, 1.82) is 0 Å². The third-order valence-corrected chi connectivity index (χ3v) is 3.46. The second-order valence-corrected chi connectivity index (χ2v) is 5.13. The molecule has 3 aromatic rings. The van der Waals surface area contributed by atoms with Crippen molar-refractivity contribution in [3.05, 3.63) is 47.3 Å². The maximum atomic E-state index is 12.3. The zero-order valence-corrected chi connectivity index (χ0v) is 13.1. The Morgan fingerprint density at radius 3 is 2.50 bits per heavy atom. The van der Waals surface area contributed by atoms with Gasteiger partial charge in [0.25, 0.3) is 11.8 Å². The van der Waals surface area contributed by atoms with Gasteiger partial charge >= 0.3 is 0 Å². The smallest absolute Gasteiger partial charge is 0.280 e. The number of anilines is 2. The average molecular weight is 325 g/mol. The van der Waals surface area contributed by atoms with Gasteiger partial charge < -0.3 is 16.4 Å². The van der Waals surface area contributed by atoms with Gasteiger partial charge in [-0.25, -0.2) is 0 Å². The van der Waals surface area contributed by atoms with Crippen LogP contribution in [-0.2, 0) is 0 Å². The molecule has 3 rings (SSSR count). The second kappa shape index (κ2) is 5.95. The molecule has 0 aliphatic heterocycles. The molecule has 0 aliphatic rings. The van der Waals surface area contributed by atoms with Crippen LogP contribution in [0.5, 0.6) is 0 Å². The first kappa shape index (κ1) is 15.4. The number of carbonyl (C=O) groups is 2. The van der Waals surface area contributed by atoms with Crippen LogP contribution in [0.2, 0.25) is 0 Å². The van der Waals surface area contributed by atoms with Crippen molar-refractivity contribution in [2.75, 3.05) is 18.1 Å². The van der Waals surface area contributed by atoms with Gasteiger partial charge in [0.1, 0.15) is 5.56 Å². The summed E-state index contributed by atoms with van der Waals surface area (Å²) in [5.41, 5.74) is 7.97. The van der Waals surface area contributed by atoms with Crippen molar-refractivity contribution in [3.63, 3.8) is 0 Å². The number of nitrogens with two attached hydrogens (primary N) is 1. The third kappa shape index (κ3) is 2.62. The van der Waals surface area contributed by atoms with Gasteiger partial charge in [-0.1, -0.05) is 17.7 Å². The van der Waals surface area contributed by atoms with E-state index >= 15 is 0 Å². The molecule has 0 spiro atoms. The molecule has 0 saturated carbocycles. The number of hydrogen-bond acceptors (Lipinski definition) is 6. The highest BCUT2D eigenvalue weighted by molar-refractivity contribution is 6.06. The first-order valence-corrected chi connectivity index (χ1v) is 7.11. The predicted molar refractivity (Wildman–Crippen MR) is 87.7 cm³/mol. The lowest BCUT2D eigenvalue weighted by molar-refractivity contribution is 0.0963. The zero-order valence-electron chi connectivity index (χ0n) is 13.1. The van der Waals surface area contributed by atoms with Crippen LogP contribution < -0.4 is 16.4 Å². The lowest BCUT2D eigenvalue weighted by Gasteiger charge is -2.07. The van der Waals surface area contributed by atoms with Gasteiger partial charge in [-0.3, -0.25) is 9.59 Å². The van der Waals surface area contributed by atoms with Crippen LogP contribution in [-0.4, -0.2) is 38.7 Å². The molecule has 0 radical (unpaired) electrons. The van der Waals surface area contributed by atoms with E-state index in [9.17, 15) is 9.59 Å². The summed E-state index contributed by atoms with van der Waals surface area (Å²) in [5.74, 6) is -0.877. The monoisotopic (exact) mass is 325 g/mol. The van der Waals surface area contributed by atoms with E-state index in [4.69, 9.17) is 5.73 Å². The Morgan fingerprint density at radius 2 is 1.83 bits per heavy atom. The lowest BCUT2D eigenvalue weighted by Crippen LogP contribution is -2.21. The van der Waals surface area contributed by atoms with Gasteiger partial charge in [-0.15, -0.1) is 10.2 Å². The zero-order chi connectivity index (χ0) is 17.3. The predicted octanol–water partition coefficient (Wildman–Crippen LogP) is 0.627. The molecule has 0 fully saturated rings. The molecular formula is C15H15N7O2. The first-order chi connectivity index (χ1) is 11.5. The molecule has 0 aliphatic carbocycles. The summed E-state index contributed by atoms with van der Waals surface area (Å²) in [7, 11) is 1.49. The third-order valence-electron chi connectivity index (χ3n) is 3.46. The summed E-state index contributed by atoms with van der Waals surface area (Å²) in [6.45, 7) is 1.95. The van der Waals surface area contributed by atoms with E-state index in [1.54, 1.807) is 12.1 Å². The minimum absolute atomic E-state index is 0.000218. The summed E-state index contributed by atoms with van der Waals surface area (Å²) in [4.78, 5) is 24.1. The Kier molecular flexibility index (Phi) is 3.82. The fourth-order valence-corrected chi connectivity index (χ4v) is 2.15. The van der Waals surface area contributed by atoms with Gasteiger partial charge in [0.05, 0.1) is 6.20 Å². The molecule has 4 N–H and O–H groups in total. The number of nitrogen functional groups attached to an aromatic ring is 1. The van der Waals surface area contributed by atoms with E-state index in [1.165, 1.54) is 17.8 Å². The molecule has 2 aromatic heterocycles. The minimum Gasteiger partial charge on any atom is -0.382 e. The summed E-state index contributed by atoms with van der Waals surface area (Å²) in [5, 5.41) is 16.9. The molecule has 0 atom stereocenters. The fourth-order valence-electron chi connectivity index (χ4n) is 2.15. The summed E-state index contributed by atoms with van der Waals surface area (Å²) in [6.07, 6.45) is 1.32. The number of nitrogens with one attached hydrogen (secondary N) is 2. The van der Waals surface area contributed by atoms with Crippen molar-refractivity contribution in [3.8, 4) is 0 Å². The van der Waals surface area contributed by atoms with E-state index in [0.29, 0.717) is 5.69 Å². The standard InChI is InChI=1S/C15H15N7O2/c1-8-3-5-9(6-4-8)19-15(24)11-12(16)22-13(21-20-11)10(7-18-22)14(23)17-2/h3-7H,16H2,1-2H3,(H,17,23)(H,19,24). The van der Waals surface area contributed by atoms with Crippen LogP contribution in [0.3, 0.4) is 0 Å². The Bertz CT molecular complexity index is 931. The lowest BCUT2D eigenvalue weighted by atomic mass is 10.2. The number of carbonyl (C=O) groups excluding carboxylic acids is 2. The van der Waals surface area contributed by atoms with Crippen molar-refractivity contribution >= 4 is 29.0 Å². The summed E-state index contributed by atoms with van der Waals surface area (Å²) < 4.78 is 1.21. The number of fused-ring (bicyclic) bond motifs is 1. The second-order valence-electron chi connectivity index (χ2n) is 5.13.